The van der Waals surface area contributed by atoms with Crippen LogP contribution in [-0.2, 0) is 10.0 Å². The zero-order chi connectivity index (χ0) is 10.0. The first-order chi connectivity index (χ1) is 6.70. The molecule has 0 saturated carbocycles. The first kappa shape index (κ1) is 9.68. The van der Waals surface area contributed by atoms with Gasteiger partial charge in [0.2, 0.25) is 10.0 Å². The second-order valence-corrected chi connectivity index (χ2v) is 5.43. The maximum absolute atomic E-state index is 11.7. The van der Waals surface area contributed by atoms with Crippen LogP contribution in [0.25, 0.3) is 0 Å². The van der Waals surface area contributed by atoms with Gasteiger partial charge in [-0.1, -0.05) is 30.3 Å². The number of rotatable bonds is 1. The fourth-order valence-electron chi connectivity index (χ4n) is 1.77. The summed E-state index contributed by atoms with van der Waals surface area (Å²) in [6.07, 6.45) is 1.64. The zero-order valence-electron chi connectivity index (χ0n) is 7.81. The van der Waals surface area contributed by atoms with Gasteiger partial charge in [0, 0.05) is 6.54 Å². The molecule has 14 heavy (non-hydrogen) atoms. The van der Waals surface area contributed by atoms with E-state index in [9.17, 15) is 8.42 Å². The Hall–Kier alpha value is -0.870. The van der Waals surface area contributed by atoms with Gasteiger partial charge in [-0.05, 0) is 18.4 Å². The molecule has 0 bridgehead atoms. The summed E-state index contributed by atoms with van der Waals surface area (Å²) >= 11 is 0. The van der Waals surface area contributed by atoms with Crippen LogP contribution in [0.1, 0.15) is 23.7 Å². The van der Waals surface area contributed by atoms with Crippen LogP contribution < -0.4 is 4.72 Å². The molecule has 1 unspecified atom stereocenters. The predicted octanol–water partition coefficient (Wildman–Crippen LogP) is 1.44. The van der Waals surface area contributed by atoms with Gasteiger partial charge in [-0.3, -0.25) is 0 Å². The van der Waals surface area contributed by atoms with Crippen LogP contribution in [0.5, 0.6) is 0 Å². The second kappa shape index (κ2) is 3.71. The number of benzene rings is 1. The average molecular weight is 211 g/mol. The van der Waals surface area contributed by atoms with Crippen LogP contribution in [0.2, 0.25) is 0 Å². The lowest BCUT2D eigenvalue weighted by Gasteiger charge is -2.23. The lowest BCUT2D eigenvalue weighted by Crippen LogP contribution is -2.34. The quantitative estimate of drug-likeness (QED) is 0.764. The van der Waals surface area contributed by atoms with Gasteiger partial charge in [0.25, 0.3) is 0 Å². The van der Waals surface area contributed by atoms with Crippen molar-refractivity contribution in [3.05, 3.63) is 35.9 Å². The monoisotopic (exact) mass is 211 g/mol. The number of sulfonamides is 1. The van der Waals surface area contributed by atoms with E-state index in [1.807, 2.05) is 30.3 Å². The third-order valence-corrected chi connectivity index (χ3v) is 4.36. The summed E-state index contributed by atoms with van der Waals surface area (Å²) in [7, 11) is -3.13. The van der Waals surface area contributed by atoms with Gasteiger partial charge in [0.05, 0.1) is 0 Å². The molecule has 0 aliphatic carbocycles. The van der Waals surface area contributed by atoms with Gasteiger partial charge in [-0.15, -0.1) is 0 Å². The molecule has 1 heterocycles. The van der Waals surface area contributed by atoms with Crippen LogP contribution in [-0.4, -0.2) is 15.0 Å². The average Bonchev–Trinajstić information content (AvgIpc) is 2.18. The zero-order valence-corrected chi connectivity index (χ0v) is 8.63. The standard InChI is InChI=1S/C10H13NO2S/c12-14(13)10(7-4-8-11-14)9-5-2-1-3-6-9/h1-3,5-6,10-11H,4,7-8H2. The fraction of sp³-hybridized carbons (Fsp3) is 0.400. The van der Waals surface area contributed by atoms with E-state index in [-0.39, 0.29) is 5.25 Å². The summed E-state index contributed by atoms with van der Waals surface area (Å²) in [5, 5.41) is -0.363. The Morgan fingerprint density at radius 1 is 1.21 bits per heavy atom. The number of hydrogen-bond acceptors (Lipinski definition) is 2. The van der Waals surface area contributed by atoms with Gasteiger partial charge in [-0.2, -0.15) is 0 Å². The molecule has 1 saturated heterocycles. The van der Waals surface area contributed by atoms with Crippen molar-refractivity contribution < 1.29 is 8.42 Å². The summed E-state index contributed by atoms with van der Waals surface area (Å²) in [6.45, 7) is 0.575. The van der Waals surface area contributed by atoms with Crippen LogP contribution >= 0.6 is 0 Å². The maximum atomic E-state index is 11.7. The molecule has 1 aromatic carbocycles. The van der Waals surface area contributed by atoms with E-state index in [2.05, 4.69) is 4.72 Å². The van der Waals surface area contributed by atoms with E-state index in [4.69, 9.17) is 0 Å². The molecule has 0 radical (unpaired) electrons. The predicted molar refractivity (Wildman–Crippen MR) is 55.3 cm³/mol. The van der Waals surface area contributed by atoms with Crippen molar-refractivity contribution in [2.75, 3.05) is 6.54 Å². The lowest BCUT2D eigenvalue weighted by molar-refractivity contribution is 0.531. The summed E-state index contributed by atoms with van der Waals surface area (Å²) in [6, 6.07) is 9.38. The molecular weight excluding hydrogens is 198 g/mol. The largest absolute Gasteiger partial charge is 0.218 e. The van der Waals surface area contributed by atoms with E-state index in [1.165, 1.54) is 0 Å². The van der Waals surface area contributed by atoms with E-state index >= 15 is 0 Å². The minimum atomic E-state index is -3.13. The van der Waals surface area contributed by atoms with Crippen LogP contribution in [0.4, 0.5) is 0 Å². The van der Waals surface area contributed by atoms with Crippen molar-refractivity contribution >= 4 is 10.0 Å². The molecule has 4 heteroatoms. The highest BCUT2D eigenvalue weighted by molar-refractivity contribution is 7.89. The normalized spacial score (nSPS) is 25.9. The van der Waals surface area contributed by atoms with Crippen LogP contribution in [0.15, 0.2) is 30.3 Å². The molecule has 0 amide bonds. The van der Waals surface area contributed by atoms with Gasteiger partial charge >= 0.3 is 0 Å². The van der Waals surface area contributed by atoms with Gasteiger partial charge in [-0.25, -0.2) is 13.1 Å². The van der Waals surface area contributed by atoms with Gasteiger partial charge < -0.3 is 0 Å². The number of hydrogen-bond donors (Lipinski definition) is 1. The van der Waals surface area contributed by atoms with E-state index in [0.29, 0.717) is 6.54 Å². The Morgan fingerprint density at radius 2 is 1.93 bits per heavy atom. The Kier molecular flexibility index (Phi) is 2.56. The first-order valence-corrected chi connectivity index (χ1v) is 6.28. The summed E-state index contributed by atoms with van der Waals surface area (Å²) in [5.41, 5.74) is 0.889. The lowest BCUT2D eigenvalue weighted by atomic mass is 10.1. The maximum Gasteiger partial charge on any atom is 0.218 e. The Bertz CT molecular complexity index is 399. The highest BCUT2D eigenvalue weighted by atomic mass is 32.2. The highest BCUT2D eigenvalue weighted by Crippen LogP contribution is 2.28. The number of nitrogens with one attached hydrogen (secondary N) is 1. The van der Waals surface area contributed by atoms with E-state index < -0.39 is 10.0 Å². The minimum Gasteiger partial charge on any atom is -0.215 e. The molecule has 3 nitrogen and oxygen atoms in total. The molecule has 76 valence electrons. The topological polar surface area (TPSA) is 46.2 Å². The van der Waals surface area contributed by atoms with Crippen molar-refractivity contribution in [3.63, 3.8) is 0 Å². The molecule has 1 aromatic rings. The first-order valence-electron chi connectivity index (χ1n) is 4.73. The summed E-state index contributed by atoms with van der Waals surface area (Å²) in [5.74, 6) is 0. The fourth-order valence-corrected chi connectivity index (χ4v) is 3.39. The van der Waals surface area contributed by atoms with Crippen molar-refractivity contribution in [3.8, 4) is 0 Å². The molecule has 0 spiro atoms. The van der Waals surface area contributed by atoms with Crippen molar-refractivity contribution in [1.82, 2.24) is 4.72 Å². The van der Waals surface area contributed by atoms with Crippen LogP contribution in [0.3, 0.4) is 0 Å². The highest BCUT2D eigenvalue weighted by Gasteiger charge is 2.29. The third-order valence-electron chi connectivity index (χ3n) is 2.49. The Morgan fingerprint density at radius 3 is 2.57 bits per heavy atom. The Labute approximate surface area is 84.2 Å². The van der Waals surface area contributed by atoms with Crippen LogP contribution in [0, 0.1) is 0 Å². The Balaban J connectivity index is 2.34. The van der Waals surface area contributed by atoms with Crippen molar-refractivity contribution in [2.24, 2.45) is 0 Å². The van der Waals surface area contributed by atoms with E-state index in [1.54, 1.807) is 0 Å². The third kappa shape index (κ3) is 1.81. The molecule has 2 rings (SSSR count). The minimum absolute atomic E-state index is 0.363. The summed E-state index contributed by atoms with van der Waals surface area (Å²) in [4.78, 5) is 0. The molecule has 0 aromatic heterocycles. The SMILES string of the molecule is O=S1(=O)NCCCC1c1ccccc1. The van der Waals surface area contributed by atoms with Crippen molar-refractivity contribution in [1.29, 1.82) is 0 Å². The van der Waals surface area contributed by atoms with Crippen molar-refractivity contribution in [2.45, 2.75) is 18.1 Å². The summed E-state index contributed by atoms with van der Waals surface area (Å²) < 4.78 is 25.9. The molecular formula is C10H13NO2S. The smallest absolute Gasteiger partial charge is 0.215 e. The molecule has 1 atom stereocenters. The van der Waals surface area contributed by atoms with E-state index in [0.717, 1.165) is 18.4 Å². The molecule has 1 aliphatic heterocycles. The molecule has 1 aliphatic rings. The molecule has 1 fully saturated rings. The molecule has 1 N–H and O–H groups in total. The van der Waals surface area contributed by atoms with Gasteiger partial charge in [0.15, 0.2) is 0 Å². The van der Waals surface area contributed by atoms with Gasteiger partial charge in [0.1, 0.15) is 5.25 Å². The second-order valence-electron chi connectivity index (χ2n) is 3.48.